The van der Waals surface area contributed by atoms with Gasteiger partial charge in [-0.1, -0.05) is 27.7 Å². The number of nitrogens with zero attached hydrogens (tertiary/aromatic N) is 2. The molecular weight excluding hydrogens is 160 g/mol. The first kappa shape index (κ1) is 12.6. The van der Waals surface area contributed by atoms with Crippen molar-refractivity contribution in [3.05, 3.63) is 0 Å². The molecule has 0 aromatic carbocycles. The second kappa shape index (κ2) is 4.73. The molecule has 2 heteroatoms. The Balaban J connectivity index is 4.08. The van der Waals surface area contributed by atoms with Crippen molar-refractivity contribution in [3.63, 3.8) is 0 Å². The Labute approximate surface area is 82.8 Å². The first-order chi connectivity index (χ1) is 5.77. The van der Waals surface area contributed by atoms with Gasteiger partial charge in [0, 0.05) is 0 Å². The molecule has 0 atom stereocenters. The van der Waals surface area contributed by atoms with Crippen LogP contribution in [-0.2, 0) is 0 Å². The van der Waals surface area contributed by atoms with Crippen molar-refractivity contribution in [3.8, 4) is 0 Å². The summed E-state index contributed by atoms with van der Waals surface area (Å²) in [7, 11) is 0. The molecule has 2 nitrogen and oxygen atoms in total. The van der Waals surface area contributed by atoms with Crippen molar-refractivity contribution < 1.29 is 0 Å². The van der Waals surface area contributed by atoms with E-state index in [4.69, 9.17) is 0 Å². The molecule has 0 bridgehead atoms. The first-order valence-corrected chi connectivity index (χ1v) is 5.15. The van der Waals surface area contributed by atoms with E-state index >= 15 is 0 Å². The summed E-state index contributed by atoms with van der Waals surface area (Å²) in [5.41, 5.74) is 0.322. The predicted molar refractivity (Wildman–Crippen MR) is 58.2 cm³/mol. The molecule has 13 heavy (non-hydrogen) atoms. The minimum Gasteiger partial charge on any atom is -0.194 e. The molecule has 0 amide bonds. The molecule has 0 aliphatic carbocycles. The van der Waals surface area contributed by atoms with Gasteiger partial charge in [0.05, 0.1) is 12.1 Å². The third kappa shape index (κ3) is 7.94. The van der Waals surface area contributed by atoms with Crippen LogP contribution in [0.5, 0.6) is 0 Å². The minimum absolute atomic E-state index is 0.00653. The Kier molecular flexibility index (Phi) is 4.58. The fraction of sp³-hybridized carbons (Fsp3) is 1.00. The second-order valence-electron chi connectivity index (χ2n) is 5.51. The van der Waals surface area contributed by atoms with E-state index in [2.05, 4.69) is 51.8 Å². The van der Waals surface area contributed by atoms with E-state index in [1.165, 1.54) is 0 Å². The van der Waals surface area contributed by atoms with Crippen LogP contribution in [0.3, 0.4) is 0 Å². The molecule has 0 spiro atoms. The van der Waals surface area contributed by atoms with Gasteiger partial charge in [-0.3, -0.25) is 0 Å². The quantitative estimate of drug-likeness (QED) is 0.589. The van der Waals surface area contributed by atoms with Gasteiger partial charge in [0.1, 0.15) is 0 Å². The second-order valence-corrected chi connectivity index (χ2v) is 5.51. The lowest BCUT2D eigenvalue weighted by Crippen LogP contribution is -2.24. The molecule has 0 N–H and O–H groups in total. The van der Waals surface area contributed by atoms with Crippen molar-refractivity contribution in [2.75, 3.05) is 6.54 Å². The summed E-state index contributed by atoms with van der Waals surface area (Å²) < 4.78 is 0. The largest absolute Gasteiger partial charge is 0.194 e. The molecule has 0 aromatic rings. The molecule has 0 heterocycles. The summed E-state index contributed by atoms with van der Waals surface area (Å²) in [6, 6.07) is 0. The van der Waals surface area contributed by atoms with Gasteiger partial charge in [0.2, 0.25) is 0 Å². The maximum Gasteiger partial charge on any atom is 0.0765 e. The summed E-state index contributed by atoms with van der Waals surface area (Å²) in [6.07, 6.45) is 2.16. The van der Waals surface area contributed by atoms with Crippen LogP contribution in [0.4, 0.5) is 0 Å². The minimum atomic E-state index is -0.00653. The molecule has 0 fully saturated rings. The molecule has 0 saturated heterocycles. The van der Waals surface area contributed by atoms with Crippen LogP contribution < -0.4 is 0 Å². The topological polar surface area (TPSA) is 24.7 Å². The van der Waals surface area contributed by atoms with Gasteiger partial charge in [-0.25, -0.2) is 0 Å². The van der Waals surface area contributed by atoms with Gasteiger partial charge in [0.15, 0.2) is 0 Å². The van der Waals surface area contributed by atoms with E-state index in [9.17, 15) is 0 Å². The summed E-state index contributed by atoms with van der Waals surface area (Å²) in [4.78, 5) is 0. The van der Waals surface area contributed by atoms with Crippen LogP contribution >= 0.6 is 0 Å². The zero-order valence-electron chi connectivity index (χ0n) is 10.0. The highest BCUT2D eigenvalue weighted by Gasteiger charge is 2.24. The maximum absolute atomic E-state index is 4.36. The van der Waals surface area contributed by atoms with Gasteiger partial charge in [-0.15, -0.1) is 0 Å². The first-order valence-electron chi connectivity index (χ1n) is 5.15. The highest BCUT2D eigenvalue weighted by atomic mass is 15.1. The van der Waals surface area contributed by atoms with Gasteiger partial charge in [-0.2, -0.15) is 10.2 Å². The summed E-state index contributed by atoms with van der Waals surface area (Å²) >= 11 is 0. The van der Waals surface area contributed by atoms with Gasteiger partial charge >= 0.3 is 0 Å². The molecule has 0 saturated carbocycles. The normalized spacial score (nSPS) is 14.0. The number of hydrogen-bond acceptors (Lipinski definition) is 2. The SMILES string of the molecule is CCCN=NC(C)(C)CC(C)(C)C. The van der Waals surface area contributed by atoms with Crippen molar-refractivity contribution in [2.45, 2.75) is 59.9 Å². The lowest BCUT2D eigenvalue weighted by atomic mass is 9.82. The third-order valence-corrected chi connectivity index (χ3v) is 1.63. The molecular formula is C11H24N2. The van der Waals surface area contributed by atoms with Crippen molar-refractivity contribution in [2.24, 2.45) is 15.6 Å². The number of hydrogen-bond donors (Lipinski definition) is 0. The fourth-order valence-corrected chi connectivity index (χ4v) is 1.67. The van der Waals surface area contributed by atoms with E-state index in [1.807, 2.05) is 0 Å². The molecule has 0 unspecified atom stereocenters. The molecule has 0 rings (SSSR count). The molecule has 0 aliphatic rings. The molecule has 0 radical (unpaired) electrons. The fourth-order valence-electron chi connectivity index (χ4n) is 1.67. The highest BCUT2D eigenvalue weighted by Crippen LogP contribution is 2.29. The highest BCUT2D eigenvalue weighted by molar-refractivity contribution is 4.81. The van der Waals surface area contributed by atoms with Gasteiger partial charge < -0.3 is 0 Å². The van der Waals surface area contributed by atoms with Crippen molar-refractivity contribution in [1.29, 1.82) is 0 Å². The van der Waals surface area contributed by atoms with E-state index in [0.29, 0.717) is 5.41 Å². The van der Waals surface area contributed by atoms with Crippen LogP contribution in [0.15, 0.2) is 10.2 Å². The molecule has 0 aromatic heterocycles. The van der Waals surface area contributed by atoms with Crippen molar-refractivity contribution in [1.82, 2.24) is 0 Å². The van der Waals surface area contributed by atoms with E-state index in [0.717, 1.165) is 19.4 Å². The van der Waals surface area contributed by atoms with E-state index in [1.54, 1.807) is 0 Å². The monoisotopic (exact) mass is 184 g/mol. The number of azo groups is 1. The van der Waals surface area contributed by atoms with Crippen LogP contribution in [0.25, 0.3) is 0 Å². The van der Waals surface area contributed by atoms with Crippen LogP contribution in [0.1, 0.15) is 54.4 Å². The van der Waals surface area contributed by atoms with Crippen LogP contribution in [0.2, 0.25) is 0 Å². The molecule has 0 aliphatic heterocycles. The maximum atomic E-state index is 4.36. The van der Waals surface area contributed by atoms with E-state index < -0.39 is 0 Å². The van der Waals surface area contributed by atoms with E-state index in [-0.39, 0.29) is 5.54 Å². The summed E-state index contributed by atoms with van der Waals surface area (Å²) in [5, 5.41) is 8.53. The average Bonchev–Trinajstić information content (AvgIpc) is 1.81. The zero-order valence-corrected chi connectivity index (χ0v) is 10.0. The van der Waals surface area contributed by atoms with Gasteiger partial charge in [0.25, 0.3) is 0 Å². The third-order valence-electron chi connectivity index (χ3n) is 1.63. The van der Waals surface area contributed by atoms with Crippen LogP contribution in [0, 0.1) is 5.41 Å². The zero-order chi connectivity index (χ0) is 10.5. The Morgan fingerprint density at radius 2 is 1.54 bits per heavy atom. The summed E-state index contributed by atoms with van der Waals surface area (Å²) in [5.74, 6) is 0. The molecule has 78 valence electrons. The summed E-state index contributed by atoms with van der Waals surface area (Å²) in [6.45, 7) is 14.0. The van der Waals surface area contributed by atoms with Gasteiger partial charge in [-0.05, 0) is 32.1 Å². The standard InChI is InChI=1S/C11H24N2/c1-7-8-12-13-11(5,6)9-10(2,3)4/h7-9H2,1-6H3. The van der Waals surface area contributed by atoms with Crippen molar-refractivity contribution >= 4 is 0 Å². The Hall–Kier alpha value is -0.400. The predicted octanol–water partition coefficient (Wildman–Crippen LogP) is 4.06. The van der Waals surface area contributed by atoms with Crippen LogP contribution in [-0.4, -0.2) is 12.1 Å². The Morgan fingerprint density at radius 1 is 1.00 bits per heavy atom. The Morgan fingerprint density at radius 3 is 1.92 bits per heavy atom. The lowest BCUT2D eigenvalue weighted by molar-refractivity contribution is 0.279. The smallest absolute Gasteiger partial charge is 0.0765 e. The number of rotatable bonds is 4. The lowest BCUT2D eigenvalue weighted by Gasteiger charge is -2.27. The average molecular weight is 184 g/mol. The Bertz CT molecular complexity index is 163.